The van der Waals surface area contributed by atoms with Crippen molar-refractivity contribution in [2.24, 2.45) is 17.1 Å². The molecule has 21 heteroatoms. The zero-order chi connectivity index (χ0) is 46.6. The van der Waals surface area contributed by atoms with Gasteiger partial charge < -0.3 is 53.0 Å². The second kappa shape index (κ2) is 25.3. The van der Waals surface area contributed by atoms with Crippen LogP contribution in [0.5, 0.6) is 0 Å². The van der Waals surface area contributed by atoms with Crippen LogP contribution in [0.3, 0.4) is 0 Å². The van der Waals surface area contributed by atoms with E-state index in [1.54, 1.807) is 40.7 Å². The number of hydrogen-bond donors (Lipinski definition) is 10. The third-order valence-corrected chi connectivity index (χ3v) is 9.04. The Morgan fingerprint density at radius 3 is 1.66 bits per heavy atom. The Hall–Kier alpha value is -6.41. The molecule has 0 spiro atoms. The maximum absolute atomic E-state index is 14.2. The SMILES string of the molecule is CCCC[C@H](NC(=O)[C@H](CC(C)C)NC(=O)[C@@H](NC(=O)[C@H](NC(=O)[C@H](CCC(=O)O)NC(=O)[C@H](CC(=O)O)NC(=O)CCC(=O)O)c1ccccc1)C(C)(C)C)C(=O)C(N)=O. The van der Waals surface area contributed by atoms with Crippen molar-refractivity contribution in [3.8, 4) is 0 Å². The number of aliphatic carboxylic acids is 3. The van der Waals surface area contributed by atoms with Gasteiger partial charge in [-0.05, 0) is 36.2 Å². The highest BCUT2D eigenvalue weighted by atomic mass is 16.4. The number of unbranched alkanes of at least 4 members (excludes halogenated alkanes) is 1. The van der Waals surface area contributed by atoms with Gasteiger partial charge in [-0.15, -0.1) is 0 Å². The van der Waals surface area contributed by atoms with Gasteiger partial charge in [-0.3, -0.25) is 52.7 Å². The summed E-state index contributed by atoms with van der Waals surface area (Å²) in [6.45, 7) is 10.2. The fraction of sp³-hybridized carbons (Fsp3) is 0.575. The molecule has 1 rings (SSSR count). The number of carbonyl (C=O) groups excluding carboxylic acids is 8. The van der Waals surface area contributed by atoms with Crippen molar-refractivity contribution >= 4 is 65.0 Å². The molecule has 0 aliphatic carbocycles. The molecule has 7 amide bonds. The van der Waals surface area contributed by atoms with Gasteiger partial charge in [0.1, 0.15) is 30.2 Å². The number of hydrogen-bond acceptors (Lipinski definition) is 11. The van der Waals surface area contributed by atoms with Crippen LogP contribution in [0.2, 0.25) is 0 Å². The van der Waals surface area contributed by atoms with Crippen LogP contribution in [-0.4, -0.2) is 111 Å². The molecule has 6 atom stereocenters. The Morgan fingerprint density at radius 2 is 1.15 bits per heavy atom. The zero-order valence-electron chi connectivity index (χ0n) is 35.2. The number of ketones is 1. The van der Waals surface area contributed by atoms with Crippen LogP contribution >= 0.6 is 0 Å². The van der Waals surface area contributed by atoms with Crippen LogP contribution in [0.25, 0.3) is 0 Å². The van der Waals surface area contributed by atoms with E-state index in [-0.39, 0.29) is 24.3 Å². The second-order valence-electron chi connectivity index (χ2n) is 15.9. The third kappa shape index (κ3) is 19.5. The topological polar surface area (TPSA) is 347 Å². The summed E-state index contributed by atoms with van der Waals surface area (Å²) in [5.74, 6) is -12.6. The summed E-state index contributed by atoms with van der Waals surface area (Å²) in [7, 11) is 0. The summed E-state index contributed by atoms with van der Waals surface area (Å²) in [6, 6.07) is -1.41. The molecule has 1 aromatic rings. The van der Waals surface area contributed by atoms with Crippen molar-refractivity contribution in [1.82, 2.24) is 31.9 Å². The number of carbonyl (C=O) groups is 11. The Labute approximate surface area is 353 Å². The maximum atomic E-state index is 14.2. The minimum absolute atomic E-state index is 0.0825. The van der Waals surface area contributed by atoms with Crippen LogP contribution in [0.4, 0.5) is 0 Å². The van der Waals surface area contributed by atoms with E-state index in [0.717, 1.165) is 0 Å². The first-order valence-corrected chi connectivity index (χ1v) is 19.7. The first-order valence-electron chi connectivity index (χ1n) is 19.7. The molecule has 0 saturated heterocycles. The van der Waals surface area contributed by atoms with Gasteiger partial charge in [0, 0.05) is 12.8 Å². The number of carboxylic acid groups (broad SMARTS) is 3. The number of amides is 7. The van der Waals surface area contributed by atoms with Gasteiger partial charge in [0.15, 0.2) is 0 Å². The summed E-state index contributed by atoms with van der Waals surface area (Å²) < 4.78 is 0. The molecule has 0 aliphatic heterocycles. The number of Topliss-reactive ketones (excluding diaryl/α,β-unsaturated/α-hetero) is 1. The van der Waals surface area contributed by atoms with Gasteiger partial charge in [0.25, 0.3) is 5.91 Å². The van der Waals surface area contributed by atoms with Gasteiger partial charge in [-0.25, -0.2) is 0 Å². The fourth-order valence-electron chi connectivity index (χ4n) is 5.85. The average Bonchev–Trinajstić information content (AvgIpc) is 3.16. The molecule has 11 N–H and O–H groups in total. The molecule has 61 heavy (non-hydrogen) atoms. The van der Waals surface area contributed by atoms with Gasteiger partial charge >= 0.3 is 17.9 Å². The standard InChI is InChI=1S/C40H59N7O14/c1-7-8-14-23(32(55)34(41)56)43-36(58)25(19-21(2)3)45-39(61)33(40(4,5)6)47-38(60)31(22-12-10-9-11-13-22)46-35(57)24(15-17-28(49)50)44-37(59)26(20-30(53)54)42-27(48)16-18-29(51)52/h9-13,21,23-26,31,33H,7-8,14-20H2,1-6H3,(H2,41,56)(H,42,48)(H,43,58)(H,44,59)(H,45,61)(H,46,57)(H,47,60)(H,49,50)(H,51,52)(H,53,54)/t23-,24-,25-,26-,31+,33+/m0/s1. The normalized spacial score (nSPS) is 14.1. The van der Waals surface area contributed by atoms with Gasteiger partial charge in [-0.1, -0.05) is 84.7 Å². The molecular formula is C40H59N7O14. The number of nitrogens with one attached hydrogen (secondary N) is 6. The fourth-order valence-corrected chi connectivity index (χ4v) is 5.85. The number of carboxylic acids is 3. The molecule has 338 valence electrons. The predicted molar refractivity (Wildman–Crippen MR) is 216 cm³/mol. The molecular weight excluding hydrogens is 802 g/mol. The first-order chi connectivity index (χ1) is 28.4. The molecule has 21 nitrogen and oxygen atoms in total. The Balaban J connectivity index is 3.52. The molecule has 0 unspecified atom stereocenters. The van der Waals surface area contributed by atoms with Crippen LogP contribution in [0.15, 0.2) is 30.3 Å². The summed E-state index contributed by atoms with van der Waals surface area (Å²) in [4.78, 5) is 139. The van der Waals surface area contributed by atoms with E-state index in [0.29, 0.717) is 12.8 Å². The van der Waals surface area contributed by atoms with Crippen LogP contribution in [0, 0.1) is 11.3 Å². The summed E-state index contributed by atoms with van der Waals surface area (Å²) in [5, 5.41) is 42.2. The zero-order valence-corrected chi connectivity index (χ0v) is 35.2. The third-order valence-electron chi connectivity index (χ3n) is 9.04. The van der Waals surface area contributed by atoms with Gasteiger partial charge in [0.2, 0.25) is 41.2 Å². The lowest BCUT2D eigenvalue weighted by molar-refractivity contribution is -0.142. The van der Waals surface area contributed by atoms with Crippen LogP contribution in [0.1, 0.15) is 111 Å². The molecule has 0 heterocycles. The minimum Gasteiger partial charge on any atom is -0.481 e. The van der Waals surface area contributed by atoms with E-state index >= 15 is 0 Å². The quantitative estimate of drug-likeness (QED) is 0.0513. The van der Waals surface area contributed by atoms with Crippen molar-refractivity contribution in [2.75, 3.05) is 0 Å². The molecule has 0 saturated carbocycles. The highest BCUT2D eigenvalue weighted by molar-refractivity contribution is 6.37. The van der Waals surface area contributed by atoms with Crippen molar-refractivity contribution in [1.29, 1.82) is 0 Å². The molecule has 0 radical (unpaired) electrons. The predicted octanol–water partition coefficient (Wildman–Crippen LogP) is -0.191. The average molecular weight is 862 g/mol. The number of nitrogens with two attached hydrogens (primary N) is 1. The van der Waals surface area contributed by atoms with E-state index in [9.17, 15) is 63.0 Å². The van der Waals surface area contributed by atoms with E-state index in [1.165, 1.54) is 24.3 Å². The molecule has 0 aromatic heterocycles. The van der Waals surface area contributed by atoms with E-state index in [4.69, 9.17) is 10.8 Å². The molecule has 1 aromatic carbocycles. The van der Waals surface area contributed by atoms with Crippen molar-refractivity contribution < 1.29 is 68.1 Å². The lowest BCUT2D eigenvalue weighted by Crippen LogP contribution is -2.60. The smallest absolute Gasteiger partial charge is 0.305 e. The van der Waals surface area contributed by atoms with Gasteiger partial charge in [0.05, 0.1) is 18.9 Å². The number of primary amides is 1. The summed E-state index contributed by atoms with van der Waals surface area (Å²) >= 11 is 0. The Bertz CT molecular complexity index is 1760. The van der Waals surface area contributed by atoms with Crippen molar-refractivity contribution in [3.63, 3.8) is 0 Å². The van der Waals surface area contributed by atoms with E-state index in [2.05, 4.69) is 31.9 Å². The highest BCUT2D eigenvalue weighted by Gasteiger charge is 2.39. The Morgan fingerprint density at radius 1 is 0.607 bits per heavy atom. The summed E-state index contributed by atoms with van der Waals surface area (Å²) in [6.07, 6.45) is -2.17. The van der Waals surface area contributed by atoms with Crippen molar-refractivity contribution in [2.45, 2.75) is 136 Å². The van der Waals surface area contributed by atoms with E-state index in [1.807, 2.05) is 6.92 Å². The van der Waals surface area contributed by atoms with Crippen molar-refractivity contribution in [3.05, 3.63) is 35.9 Å². The molecule has 0 bridgehead atoms. The lowest BCUT2D eigenvalue weighted by atomic mass is 9.85. The Kier molecular flexibility index (Phi) is 21.8. The molecule has 0 aliphatic rings. The number of rotatable bonds is 27. The van der Waals surface area contributed by atoms with E-state index < -0.39 is 139 Å². The number of benzene rings is 1. The lowest BCUT2D eigenvalue weighted by Gasteiger charge is -2.34. The largest absolute Gasteiger partial charge is 0.481 e. The van der Waals surface area contributed by atoms with Gasteiger partial charge in [-0.2, -0.15) is 0 Å². The summed E-state index contributed by atoms with van der Waals surface area (Å²) in [5.41, 5.74) is 4.33. The van der Waals surface area contributed by atoms with Crippen LogP contribution in [-0.2, 0) is 52.7 Å². The second-order valence-corrected chi connectivity index (χ2v) is 15.9. The monoisotopic (exact) mass is 861 g/mol. The first kappa shape index (κ1) is 52.6. The highest BCUT2D eigenvalue weighted by Crippen LogP contribution is 2.23. The van der Waals surface area contributed by atoms with Crippen LogP contribution < -0.4 is 37.6 Å². The molecule has 0 fully saturated rings. The minimum atomic E-state index is -1.81. The maximum Gasteiger partial charge on any atom is 0.305 e.